The summed E-state index contributed by atoms with van der Waals surface area (Å²) in [6.45, 7) is 1.98. The van der Waals surface area contributed by atoms with Crippen LogP contribution in [0.5, 0.6) is 5.75 Å². The zero-order chi connectivity index (χ0) is 15.7. The minimum Gasteiger partial charge on any atom is -0.497 e. The van der Waals surface area contributed by atoms with Crippen LogP contribution in [0.25, 0.3) is 22.3 Å². The van der Waals surface area contributed by atoms with Crippen LogP contribution < -0.4 is 4.74 Å². The zero-order valence-electron chi connectivity index (χ0n) is 12.4. The Balaban J connectivity index is 2.18. The minimum atomic E-state index is -0.871. The number of para-hydroxylation sites is 1. The largest absolute Gasteiger partial charge is 0.497 e. The van der Waals surface area contributed by atoms with Crippen molar-refractivity contribution in [2.75, 3.05) is 7.11 Å². The third kappa shape index (κ3) is 2.44. The average molecular weight is 296 g/mol. The second kappa shape index (κ2) is 5.56. The van der Waals surface area contributed by atoms with Crippen molar-refractivity contribution in [3.63, 3.8) is 0 Å². The third-order valence-electron chi connectivity index (χ3n) is 3.72. The molecule has 4 heteroatoms. The second-order valence-corrected chi connectivity index (χ2v) is 5.15. The minimum absolute atomic E-state index is 0.0537. The summed E-state index contributed by atoms with van der Waals surface area (Å²) in [5.74, 6) is 0.624. The molecule has 3 rings (SSSR count). The highest BCUT2D eigenvalue weighted by Gasteiger charge is 2.16. The number of aryl methyl sites for hydroxylation is 1. The van der Waals surface area contributed by atoms with Gasteiger partial charge in [0.05, 0.1) is 13.5 Å². The average Bonchev–Trinajstić information content (AvgIpc) is 2.85. The van der Waals surface area contributed by atoms with Gasteiger partial charge in [0.1, 0.15) is 17.1 Å². The van der Waals surface area contributed by atoms with Gasteiger partial charge in [0, 0.05) is 22.1 Å². The number of carbonyl (C=O) groups is 1. The molecule has 0 fully saturated rings. The number of hydrogen-bond donors (Lipinski definition) is 1. The number of aliphatic carboxylic acids is 1. The molecule has 0 saturated carbocycles. The van der Waals surface area contributed by atoms with Crippen molar-refractivity contribution < 1.29 is 19.1 Å². The fraction of sp³-hybridized carbons (Fsp3) is 0.167. The van der Waals surface area contributed by atoms with Gasteiger partial charge in [0.15, 0.2) is 0 Å². The number of furan rings is 1. The smallest absolute Gasteiger partial charge is 0.307 e. The summed E-state index contributed by atoms with van der Waals surface area (Å²) in [4.78, 5) is 11.0. The van der Waals surface area contributed by atoms with E-state index >= 15 is 0 Å². The number of carboxylic acids is 1. The van der Waals surface area contributed by atoms with Crippen molar-refractivity contribution in [1.29, 1.82) is 0 Å². The molecule has 0 aliphatic heterocycles. The summed E-state index contributed by atoms with van der Waals surface area (Å²) in [6, 6.07) is 13.2. The van der Waals surface area contributed by atoms with Crippen LogP contribution in [0.4, 0.5) is 0 Å². The fourth-order valence-electron chi connectivity index (χ4n) is 2.64. The first kappa shape index (κ1) is 14.2. The topological polar surface area (TPSA) is 59.7 Å². The van der Waals surface area contributed by atoms with Gasteiger partial charge in [0.25, 0.3) is 0 Å². The van der Waals surface area contributed by atoms with Crippen LogP contribution in [0.1, 0.15) is 11.1 Å². The molecule has 0 aliphatic rings. The van der Waals surface area contributed by atoms with E-state index in [-0.39, 0.29) is 6.42 Å². The van der Waals surface area contributed by atoms with Gasteiger partial charge in [0.2, 0.25) is 0 Å². The number of methoxy groups -OCH3 is 1. The Kier molecular flexibility index (Phi) is 3.59. The van der Waals surface area contributed by atoms with E-state index in [9.17, 15) is 4.79 Å². The Bertz CT molecular complexity index is 845. The lowest BCUT2D eigenvalue weighted by Gasteiger charge is -2.02. The van der Waals surface area contributed by atoms with Crippen LogP contribution in [-0.4, -0.2) is 18.2 Å². The Hall–Kier alpha value is -2.75. The van der Waals surface area contributed by atoms with Gasteiger partial charge in [-0.3, -0.25) is 4.79 Å². The second-order valence-electron chi connectivity index (χ2n) is 5.15. The molecule has 22 heavy (non-hydrogen) atoms. The molecule has 0 atom stereocenters. The molecule has 2 aromatic carbocycles. The first-order chi connectivity index (χ1) is 10.6. The van der Waals surface area contributed by atoms with Crippen LogP contribution in [0.2, 0.25) is 0 Å². The van der Waals surface area contributed by atoms with Crippen molar-refractivity contribution in [3.8, 4) is 17.1 Å². The number of rotatable bonds is 4. The Morgan fingerprint density at radius 1 is 1.23 bits per heavy atom. The lowest BCUT2D eigenvalue weighted by atomic mass is 10.0. The number of fused-ring (bicyclic) bond motifs is 1. The molecule has 0 bridgehead atoms. The van der Waals surface area contributed by atoms with Gasteiger partial charge in [-0.2, -0.15) is 0 Å². The molecule has 3 aromatic rings. The number of hydrogen-bond acceptors (Lipinski definition) is 3. The van der Waals surface area contributed by atoms with E-state index in [1.54, 1.807) is 13.2 Å². The van der Waals surface area contributed by atoms with Gasteiger partial charge < -0.3 is 14.3 Å². The molecule has 1 aromatic heterocycles. The molecule has 0 saturated heterocycles. The highest BCUT2D eigenvalue weighted by molar-refractivity contribution is 5.91. The number of carboxylic acid groups (broad SMARTS) is 1. The van der Waals surface area contributed by atoms with E-state index in [2.05, 4.69) is 0 Å². The first-order valence-corrected chi connectivity index (χ1v) is 6.97. The summed E-state index contributed by atoms with van der Waals surface area (Å²) in [5.41, 5.74) is 3.23. The molecule has 112 valence electrons. The standard InChI is InChI=1S/C18H16O4/c1-11-15-8-4-6-13(10-16(19)20)18(15)22-17(11)12-5-3-7-14(9-12)21-2/h3-9H,10H2,1-2H3,(H,19,20). The van der Waals surface area contributed by atoms with Gasteiger partial charge in [-0.05, 0) is 19.1 Å². The Morgan fingerprint density at radius 2 is 2.00 bits per heavy atom. The molecular weight excluding hydrogens is 280 g/mol. The van der Waals surface area contributed by atoms with E-state index < -0.39 is 5.97 Å². The van der Waals surface area contributed by atoms with Gasteiger partial charge in [-0.25, -0.2) is 0 Å². The molecule has 0 radical (unpaired) electrons. The predicted octanol–water partition coefficient (Wildman–Crippen LogP) is 4.04. The van der Waals surface area contributed by atoms with Crippen molar-refractivity contribution >= 4 is 16.9 Å². The maximum atomic E-state index is 11.0. The molecular formula is C18H16O4. The zero-order valence-corrected chi connectivity index (χ0v) is 12.4. The van der Waals surface area contributed by atoms with Crippen LogP contribution in [0.3, 0.4) is 0 Å². The fourth-order valence-corrected chi connectivity index (χ4v) is 2.64. The Labute approximate surface area is 127 Å². The van der Waals surface area contributed by atoms with Gasteiger partial charge in [-0.1, -0.05) is 30.3 Å². The molecule has 0 aliphatic carbocycles. The summed E-state index contributed by atoms with van der Waals surface area (Å²) in [6.07, 6.45) is -0.0537. The van der Waals surface area contributed by atoms with Crippen LogP contribution >= 0.6 is 0 Å². The predicted molar refractivity (Wildman–Crippen MR) is 84.3 cm³/mol. The summed E-state index contributed by atoms with van der Waals surface area (Å²) in [7, 11) is 1.62. The quantitative estimate of drug-likeness (QED) is 0.789. The van der Waals surface area contributed by atoms with E-state index in [0.717, 1.165) is 28.0 Å². The van der Waals surface area contributed by atoms with Crippen molar-refractivity contribution in [2.24, 2.45) is 0 Å². The van der Waals surface area contributed by atoms with Gasteiger partial charge >= 0.3 is 5.97 Å². The van der Waals surface area contributed by atoms with E-state index in [1.807, 2.05) is 43.3 Å². The monoisotopic (exact) mass is 296 g/mol. The SMILES string of the molecule is COc1cccc(-c2oc3c(CC(=O)O)cccc3c2C)c1. The maximum Gasteiger partial charge on any atom is 0.307 e. The first-order valence-electron chi connectivity index (χ1n) is 6.97. The van der Waals surface area contributed by atoms with Crippen LogP contribution in [0, 0.1) is 6.92 Å². The maximum absolute atomic E-state index is 11.0. The highest BCUT2D eigenvalue weighted by atomic mass is 16.5. The molecule has 1 heterocycles. The van der Waals surface area contributed by atoms with E-state index in [1.165, 1.54) is 0 Å². The van der Waals surface area contributed by atoms with Crippen molar-refractivity contribution in [2.45, 2.75) is 13.3 Å². The summed E-state index contributed by atoms with van der Waals surface area (Å²) < 4.78 is 11.2. The molecule has 0 spiro atoms. The van der Waals surface area contributed by atoms with Crippen molar-refractivity contribution in [3.05, 3.63) is 53.6 Å². The van der Waals surface area contributed by atoms with E-state index in [4.69, 9.17) is 14.3 Å². The van der Waals surface area contributed by atoms with Crippen LogP contribution in [0.15, 0.2) is 46.9 Å². The molecule has 0 amide bonds. The van der Waals surface area contributed by atoms with E-state index in [0.29, 0.717) is 11.1 Å². The Morgan fingerprint density at radius 3 is 2.73 bits per heavy atom. The molecule has 4 nitrogen and oxygen atoms in total. The lowest BCUT2D eigenvalue weighted by Crippen LogP contribution is -1.99. The highest BCUT2D eigenvalue weighted by Crippen LogP contribution is 2.35. The normalized spacial score (nSPS) is 10.8. The van der Waals surface area contributed by atoms with Gasteiger partial charge in [-0.15, -0.1) is 0 Å². The molecule has 1 N–H and O–H groups in total. The lowest BCUT2D eigenvalue weighted by molar-refractivity contribution is -0.136. The molecule has 0 unspecified atom stereocenters. The number of ether oxygens (including phenoxy) is 1. The summed E-state index contributed by atoms with van der Waals surface area (Å²) in [5, 5.41) is 9.97. The number of benzene rings is 2. The third-order valence-corrected chi connectivity index (χ3v) is 3.72. The van der Waals surface area contributed by atoms with Crippen molar-refractivity contribution in [1.82, 2.24) is 0 Å². The summed E-state index contributed by atoms with van der Waals surface area (Å²) >= 11 is 0. The van der Waals surface area contributed by atoms with Crippen LogP contribution in [-0.2, 0) is 11.2 Å².